The van der Waals surface area contributed by atoms with Gasteiger partial charge in [0, 0.05) is 36.5 Å². The third kappa shape index (κ3) is 4.95. The molecular weight excluding hydrogens is 296 g/mol. The Morgan fingerprint density at radius 3 is 2.30 bits per heavy atom. The largest absolute Gasteiger partial charge is 0.478 e. The van der Waals surface area contributed by atoms with Gasteiger partial charge in [0.2, 0.25) is 5.91 Å². The van der Waals surface area contributed by atoms with E-state index in [1.807, 2.05) is 4.90 Å². The monoisotopic (exact) mass is 316 g/mol. The summed E-state index contributed by atoms with van der Waals surface area (Å²) >= 11 is 0. The summed E-state index contributed by atoms with van der Waals surface area (Å²) < 4.78 is 0. The molecule has 6 heteroatoms. The summed E-state index contributed by atoms with van der Waals surface area (Å²) in [6, 6.07) is 6.59. The number of nitrogens with one attached hydrogen (secondary N) is 1. The Bertz CT molecular complexity index is 614. The number of nitrogens with zero attached hydrogens (tertiary/aromatic N) is 1. The third-order valence-electron chi connectivity index (χ3n) is 3.85. The molecule has 1 saturated heterocycles. The highest BCUT2D eigenvalue weighted by atomic mass is 16.4. The van der Waals surface area contributed by atoms with Crippen LogP contribution in [-0.4, -0.2) is 40.9 Å². The third-order valence-corrected chi connectivity index (χ3v) is 3.85. The predicted octanol–water partition coefficient (Wildman–Crippen LogP) is 2.14. The number of hydrogen-bond donors (Lipinski definition) is 2. The number of carboxylic acid groups (broad SMARTS) is 1. The Morgan fingerprint density at radius 2 is 1.74 bits per heavy atom. The quantitative estimate of drug-likeness (QED) is 0.833. The van der Waals surface area contributed by atoms with E-state index in [4.69, 9.17) is 5.11 Å². The molecule has 2 N–H and O–H groups in total. The minimum absolute atomic E-state index is 0.000509. The lowest BCUT2D eigenvalue weighted by Gasteiger charge is -2.30. The van der Waals surface area contributed by atoms with Crippen molar-refractivity contribution in [2.24, 2.45) is 5.92 Å². The van der Waals surface area contributed by atoms with Gasteiger partial charge in [-0.2, -0.15) is 0 Å². The number of hydrogen-bond acceptors (Lipinski definition) is 3. The highest BCUT2D eigenvalue weighted by Crippen LogP contribution is 2.19. The Kier molecular flexibility index (Phi) is 5.51. The van der Waals surface area contributed by atoms with Gasteiger partial charge in [-0.3, -0.25) is 9.59 Å². The molecule has 122 valence electrons. The lowest BCUT2D eigenvalue weighted by Crippen LogP contribution is -2.37. The van der Waals surface area contributed by atoms with Crippen molar-refractivity contribution < 1.29 is 19.5 Å². The fourth-order valence-corrected chi connectivity index (χ4v) is 2.42. The van der Waals surface area contributed by atoms with Crippen LogP contribution in [0.3, 0.4) is 0 Å². The van der Waals surface area contributed by atoms with Gasteiger partial charge >= 0.3 is 5.97 Å². The normalized spacial score (nSPS) is 15.6. The predicted molar refractivity (Wildman–Crippen MR) is 86.1 cm³/mol. The first-order chi connectivity index (χ1) is 11.0. The van der Waals surface area contributed by atoms with Gasteiger partial charge in [-0.15, -0.1) is 0 Å². The van der Waals surface area contributed by atoms with Crippen molar-refractivity contribution in [3.05, 3.63) is 42.0 Å². The summed E-state index contributed by atoms with van der Waals surface area (Å²) in [5.41, 5.74) is 1.09. The molecule has 1 aromatic rings. The molecule has 0 radical (unpaired) electrons. The van der Waals surface area contributed by atoms with Crippen LogP contribution in [0.4, 0.5) is 5.69 Å². The Labute approximate surface area is 134 Å². The second-order valence-electron chi connectivity index (χ2n) is 5.71. The smallest absolute Gasteiger partial charge is 0.328 e. The number of anilines is 1. The molecule has 1 heterocycles. The average Bonchev–Trinajstić information content (AvgIpc) is 2.54. The van der Waals surface area contributed by atoms with E-state index in [1.54, 1.807) is 24.3 Å². The van der Waals surface area contributed by atoms with Crippen LogP contribution in [-0.2, 0) is 9.59 Å². The summed E-state index contributed by atoms with van der Waals surface area (Å²) in [5.74, 6) is -1.05. The molecule has 0 atom stereocenters. The highest BCUT2D eigenvalue weighted by Gasteiger charge is 2.21. The lowest BCUT2D eigenvalue weighted by molar-refractivity contribution is -0.131. The van der Waals surface area contributed by atoms with Crippen LogP contribution in [0.5, 0.6) is 0 Å². The van der Waals surface area contributed by atoms with E-state index < -0.39 is 11.9 Å². The van der Waals surface area contributed by atoms with Crippen LogP contribution in [0.2, 0.25) is 0 Å². The summed E-state index contributed by atoms with van der Waals surface area (Å²) in [6.07, 6.45) is 3.76. The highest BCUT2D eigenvalue weighted by molar-refractivity contribution is 6.02. The zero-order chi connectivity index (χ0) is 16.8. The van der Waals surface area contributed by atoms with E-state index >= 15 is 0 Å². The van der Waals surface area contributed by atoms with Crippen molar-refractivity contribution in [1.29, 1.82) is 0 Å². The minimum Gasteiger partial charge on any atom is -0.478 e. The Morgan fingerprint density at radius 1 is 1.13 bits per heavy atom. The molecular formula is C17H20N2O4. The number of carboxylic acids is 1. The van der Waals surface area contributed by atoms with Gasteiger partial charge in [0.15, 0.2) is 0 Å². The zero-order valence-corrected chi connectivity index (χ0v) is 13.0. The molecule has 2 rings (SSSR count). The maximum absolute atomic E-state index is 12.4. The second kappa shape index (κ2) is 7.58. The van der Waals surface area contributed by atoms with Gasteiger partial charge in [0.1, 0.15) is 0 Å². The molecule has 0 unspecified atom stereocenters. The fraction of sp³-hybridized carbons (Fsp3) is 0.353. The molecule has 0 spiro atoms. The Hall–Kier alpha value is -2.63. The summed E-state index contributed by atoms with van der Waals surface area (Å²) in [4.78, 5) is 36.0. The number of aliphatic carboxylic acids is 1. The number of carbonyl (C=O) groups excluding carboxylic acids is 2. The molecule has 0 bridgehead atoms. The van der Waals surface area contributed by atoms with E-state index in [2.05, 4.69) is 12.2 Å². The van der Waals surface area contributed by atoms with E-state index in [0.29, 0.717) is 17.2 Å². The van der Waals surface area contributed by atoms with Crippen LogP contribution in [0.15, 0.2) is 36.4 Å². The van der Waals surface area contributed by atoms with Crippen molar-refractivity contribution in [2.45, 2.75) is 19.8 Å². The first-order valence-corrected chi connectivity index (χ1v) is 7.57. The topological polar surface area (TPSA) is 86.7 Å². The van der Waals surface area contributed by atoms with Crippen molar-refractivity contribution in [3.63, 3.8) is 0 Å². The molecule has 0 saturated carbocycles. The van der Waals surface area contributed by atoms with Gasteiger partial charge in [-0.25, -0.2) is 4.79 Å². The van der Waals surface area contributed by atoms with Gasteiger partial charge < -0.3 is 15.3 Å². The van der Waals surface area contributed by atoms with Crippen molar-refractivity contribution in [3.8, 4) is 0 Å². The Balaban J connectivity index is 1.95. The minimum atomic E-state index is -1.18. The van der Waals surface area contributed by atoms with E-state index in [9.17, 15) is 14.4 Å². The van der Waals surface area contributed by atoms with E-state index in [0.717, 1.165) is 38.1 Å². The maximum Gasteiger partial charge on any atom is 0.328 e. The van der Waals surface area contributed by atoms with Crippen LogP contribution in [0, 0.1) is 5.92 Å². The van der Waals surface area contributed by atoms with Gasteiger partial charge in [0.05, 0.1) is 0 Å². The first kappa shape index (κ1) is 16.7. The summed E-state index contributed by atoms with van der Waals surface area (Å²) in [5, 5.41) is 11.0. The zero-order valence-electron chi connectivity index (χ0n) is 13.0. The summed E-state index contributed by atoms with van der Waals surface area (Å²) in [7, 11) is 0. The number of likely N-dealkylation sites (tertiary alicyclic amines) is 1. The van der Waals surface area contributed by atoms with Crippen LogP contribution >= 0.6 is 0 Å². The second-order valence-corrected chi connectivity index (χ2v) is 5.71. The molecule has 0 aliphatic carbocycles. The number of piperidine rings is 1. The number of benzene rings is 1. The van der Waals surface area contributed by atoms with Crippen LogP contribution < -0.4 is 5.32 Å². The molecule has 0 aromatic heterocycles. The molecule has 23 heavy (non-hydrogen) atoms. The van der Waals surface area contributed by atoms with Crippen LogP contribution in [0.25, 0.3) is 0 Å². The lowest BCUT2D eigenvalue weighted by atomic mass is 9.98. The molecule has 1 aliphatic heterocycles. The van der Waals surface area contributed by atoms with E-state index in [1.165, 1.54) is 0 Å². The molecule has 1 aromatic carbocycles. The van der Waals surface area contributed by atoms with E-state index in [-0.39, 0.29) is 5.91 Å². The molecule has 1 fully saturated rings. The molecule has 6 nitrogen and oxygen atoms in total. The maximum atomic E-state index is 12.4. The first-order valence-electron chi connectivity index (χ1n) is 7.57. The van der Waals surface area contributed by atoms with Gasteiger partial charge in [-0.05, 0) is 43.0 Å². The van der Waals surface area contributed by atoms with Gasteiger partial charge in [0.25, 0.3) is 5.91 Å². The van der Waals surface area contributed by atoms with Crippen molar-refractivity contribution >= 4 is 23.5 Å². The van der Waals surface area contributed by atoms with Crippen molar-refractivity contribution in [2.75, 3.05) is 18.4 Å². The van der Waals surface area contributed by atoms with Crippen molar-refractivity contribution in [1.82, 2.24) is 4.90 Å². The fourth-order valence-electron chi connectivity index (χ4n) is 2.42. The summed E-state index contributed by atoms with van der Waals surface area (Å²) in [6.45, 7) is 3.75. The number of carbonyl (C=O) groups is 3. The SMILES string of the molecule is CC1CCN(C(=O)c2ccc(NC(=O)/C=C/C(=O)O)cc2)CC1. The van der Waals surface area contributed by atoms with Gasteiger partial charge in [-0.1, -0.05) is 6.92 Å². The standard InChI is InChI=1S/C17H20N2O4/c1-12-8-10-19(11-9-12)17(23)13-2-4-14(5-3-13)18-15(20)6-7-16(21)22/h2-7,12H,8-11H2,1H3,(H,18,20)(H,21,22)/b7-6+. The number of amides is 2. The molecule has 1 aliphatic rings. The molecule has 2 amide bonds. The average molecular weight is 316 g/mol. The van der Waals surface area contributed by atoms with Crippen LogP contribution in [0.1, 0.15) is 30.1 Å². The number of rotatable bonds is 4.